The molecule has 0 saturated carbocycles. The van der Waals surface area contributed by atoms with Crippen molar-refractivity contribution in [1.29, 1.82) is 0 Å². The molecule has 5 heteroatoms. The lowest BCUT2D eigenvalue weighted by Crippen LogP contribution is -2.11. The van der Waals surface area contributed by atoms with E-state index in [1.807, 2.05) is 18.2 Å². The fraction of sp³-hybridized carbons (Fsp3) is 0.500. The molecule has 0 fully saturated rings. The Morgan fingerprint density at radius 1 is 1.18 bits per heavy atom. The molecule has 5 nitrogen and oxygen atoms in total. The average Bonchev–Trinajstić information content (AvgIpc) is 2.38. The topological polar surface area (TPSA) is 60.0 Å². The van der Waals surface area contributed by atoms with Crippen molar-refractivity contribution in [3.63, 3.8) is 0 Å². The maximum absolute atomic E-state index is 8.55. The highest BCUT2D eigenvalue weighted by molar-refractivity contribution is 5.59. The first-order valence-corrected chi connectivity index (χ1v) is 5.46. The summed E-state index contributed by atoms with van der Waals surface area (Å²) in [4.78, 5) is 0. The van der Waals surface area contributed by atoms with E-state index in [0.717, 1.165) is 17.2 Å². The maximum atomic E-state index is 8.55. The third kappa shape index (κ3) is 4.50. The fourth-order valence-electron chi connectivity index (χ4n) is 1.38. The molecule has 0 radical (unpaired) electrons. The monoisotopic (exact) mass is 241 g/mol. The first kappa shape index (κ1) is 13.6. The van der Waals surface area contributed by atoms with Crippen LogP contribution in [0.5, 0.6) is 11.5 Å². The molecule has 0 heterocycles. The first-order chi connectivity index (χ1) is 8.31. The van der Waals surface area contributed by atoms with E-state index in [1.165, 1.54) is 0 Å². The maximum Gasteiger partial charge on any atom is 0.142 e. The lowest BCUT2D eigenvalue weighted by molar-refractivity contribution is 0.0992. The molecular weight excluding hydrogens is 222 g/mol. The largest absolute Gasteiger partial charge is 0.497 e. The third-order valence-corrected chi connectivity index (χ3v) is 2.20. The van der Waals surface area contributed by atoms with E-state index >= 15 is 0 Å². The second-order valence-corrected chi connectivity index (χ2v) is 3.33. The molecule has 0 aromatic heterocycles. The van der Waals surface area contributed by atoms with Gasteiger partial charge in [-0.15, -0.1) is 0 Å². The summed E-state index contributed by atoms with van der Waals surface area (Å²) in [7, 11) is 3.24. The van der Waals surface area contributed by atoms with Crippen molar-refractivity contribution in [3.8, 4) is 11.5 Å². The molecule has 2 N–H and O–H groups in total. The predicted octanol–water partition coefficient (Wildman–Crippen LogP) is 1.12. The highest BCUT2D eigenvalue weighted by Crippen LogP contribution is 2.28. The summed E-state index contributed by atoms with van der Waals surface area (Å²) in [5, 5.41) is 11.7. The number of nitrogens with one attached hydrogen (secondary N) is 1. The summed E-state index contributed by atoms with van der Waals surface area (Å²) in [6.45, 7) is 1.57. The van der Waals surface area contributed by atoms with Crippen LogP contribution in [0.2, 0.25) is 0 Å². The third-order valence-electron chi connectivity index (χ3n) is 2.20. The van der Waals surface area contributed by atoms with Gasteiger partial charge in [0.2, 0.25) is 0 Å². The number of ether oxygens (including phenoxy) is 3. The van der Waals surface area contributed by atoms with Gasteiger partial charge in [-0.25, -0.2) is 0 Å². The quantitative estimate of drug-likeness (QED) is 0.668. The minimum atomic E-state index is 0.0441. The number of aliphatic hydroxyl groups excluding tert-OH is 1. The average molecular weight is 241 g/mol. The van der Waals surface area contributed by atoms with Gasteiger partial charge in [-0.05, 0) is 12.1 Å². The summed E-state index contributed by atoms with van der Waals surface area (Å²) in [6.07, 6.45) is 0. The molecule has 1 aromatic rings. The van der Waals surface area contributed by atoms with Crippen LogP contribution in [-0.4, -0.2) is 45.7 Å². The van der Waals surface area contributed by atoms with Gasteiger partial charge in [0.25, 0.3) is 0 Å². The molecule has 1 aromatic carbocycles. The number of hydrogen-bond donors (Lipinski definition) is 2. The lowest BCUT2D eigenvalue weighted by atomic mass is 10.2. The van der Waals surface area contributed by atoms with Crippen molar-refractivity contribution in [1.82, 2.24) is 0 Å². The molecule has 0 aliphatic carbocycles. The fourth-order valence-corrected chi connectivity index (χ4v) is 1.38. The molecule has 0 spiro atoms. The zero-order valence-electron chi connectivity index (χ0n) is 10.2. The first-order valence-electron chi connectivity index (χ1n) is 5.46. The SMILES string of the molecule is COc1ccc(OC)c(NCCOCCO)c1. The van der Waals surface area contributed by atoms with Crippen LogP contribution in [0.25, 0.3) is 0 Å². The summed E-state index contributed by atoms with van der Waals surface area (Å²) in [6, 6.07) is 5.55. The Morgan fingerprint density at radius 3 is 2.65 bits per heavy atom. The van der Waals surface area contributed by atoms with Crippen LogP contribution in [0.4, 0.5) is 5.69 Å². The highest BCUT2D eigenvalue weighted by Gasteiger charge is 2.03. The standard InChI is InChI=1S/C12H19NO4/c1-15-10-3-4-12(16-2)11(9-10)13-5-7-17-8-6-14/h3-4,9,13-14H,5-8H2,1-2H3. The lowest BCUT2D eigenvalue weighted by Gasteiger charge is -2.12. The van der Waals surface area contributed by atoms with Gasteiger partial charge >= 0.3 is 0 Å². The van der Waals surface area contributed by atoms with E-state index < -0.39 is 0 Å². The van der Waals surface area contributed by atoms with Crippen molar-refractivity contribution >= 4 is 5.69 Å². The Kier molecular flexibility index (Phi) is 6.21. The predicted molar refractivity (Wildman–Crippen MR) is 65.9 cm³/mol. The molecule has 0 atom stereocenters. The molecule has 0 aliphatic rings. The molecule has 0 unspecified atom stereocenters. The number of aliphatic hydroxyl groups is 1. The minimum absolute atomic E-state index is 0.0441. The number of anilines is 1. The Balaban J connectivity index is 2.49. The van der Waals surface area contributed by atoms with Crippen molar-refractivity contribution in [2.24, 2.45) is 0 Å². The van der Waals surface area contributed by atoms with Gasteiger partial charge in [-0.2, -0.15) is 0 Å². The number of methoxy groups -OCH3 is 2. The minimum Gasteiger partial charge on any atom is -0.497 e. The van der Waals surface area contributed by atoms with E-state index in [2.05, 4.69) is 5.32 Å². The van der Waals surface area contributed by atoms with Crippen LogP contribution >= 0.6 is 0 Å². The summed E-state index contributed by atoms with van der Waals surface area (Å²) in [5.41, 5.74) is 0.861. The van der Waals surface area contributed by atoms with Crippen LogP contribution in [-0.2, 0) is 4.74 Å². The number of hydrogen-bond acceptors (Lipinski definition) is 5. The second kappa shape index (κ2) is 7.76. The van der Waals surface area contributed by atoms with Gasteiger partial charge in [0.05, 0.1) is 39.7 Å². The second-order valence-electron chi connectivity index (χ2n) is 3.33. The smallest absolute Gasteiger partial charge is 0.142 e. The Bertz CT molecular complexity index is 330. The van der Waals surface area contributed by atoms with Crippen molar-refractivity contribution in [3.05, 3.63) is 18.2 Å². The van der Waals surface area contributed by atoms with Crippen LogP contribution < -0.4 is 14.8 Å². The summed E-state index contributed by atoms with van der Waals surface area (Å²) >= 11 is 0. The normalized spacial score (nSPS) is 10.1. The van der Waals surface area contributed by atoms with Crippen LogP contribution in [0.1, 0.15) is 0 Å². The van der Waals surface area contributed by atoms with Crippen LogP contribution in [0, 0.1) is 0 Å². The van der Waals surface area contributed by atoms with Gasteiger partial charge < -0.3 is 24.6 Å². The molecule has 0 bridgehead atoms. The molecule has 17 heavy (non-hydrogen) atoms. The van der Waals surface area contributed by atoms with E-state index in [-0.39, 0.29) is 6.61 Å². The molecule has 1 rings (SSSR count). The number of rotatable bonds is 8. The Hall–Kier alpha value is -1.46. The van der Waals surface area contributed by atoms with E-state index in [9.17, 15) is 0 Å². The van der Waals surface area contributed by atoms with Gasteiger partial charge in [0, 0.05) is 12.6 Å². The number of benzene rings is 1. The summed E-state index contributed by atoms with van der Waals surface area (Å²) in [5.74, 6) is 1.53. The van der Waals surface area contributed by atoms with Gasteiger partial charge in [-0.1, -0.05) is 0 Å². The van der Waals surface area contributed by atoms with Crippen molar-refractivity contribution in [2.45, 2.75) is 0 Å². The van der Waals surface area contributed by atoms with E-state index in [1.54, 1.807) is 14.2 Å². The van der Waals surface area contributed by atoms with Crippen molar-refractivity contribution < 1.29 is 19.3 Å². The van der Waals surface area contributed by atoms with E-state index in [0.29, 0.717) is 19.8 Å². The van der Waals surface area contributed by atoms with Gasteiger partial charge in [0.1, 0.15) is 11.5 Å². The Labute approximate surface area is 101 Å². The zero-order valence-corrected chi connectivity index (χ0v) is 10.2. The van der Waals surface area contributed by atoms with Gasteiger partial charge in [0.15, 0.2) is 0 Å². The molecule has 0 saturated heterocycles. The summed E-state index contributed by atoms with van der Waals surface area (Å²) < 4.78 is 15.5. The Morgan fingerprint density at radius 2 is 2.00 bits per heavy atom. The van der Waals surface area contributed by atoms with Crippen LogP contribution in [0.15, 0.2) is 18.2 Å². The van der Waals surface area contributed by atoms with E-state index in [4.69, 9.17) is 19.3 Å². The molecule has 0 amide bonds. The van der Waals surface area contributed by atoms with Crippen molar-refractivity contribution in [2.75, 3.05) is 45.9 Å². The molecule has 0 aliphatic heterocycles. The molecular formula is C12H19NO4. The van der Waals surface area contributed by atoms with Gasteiger partial charge in [-0.3, -0.25) is 0 Å². The highest BCUT2D eigenvalue weighted by atomic mass is 16.5. The molecule has 96 valence electrons. The van der Waals surface area contributed by atoms with Crippen LogP contribution in [0.3, 0.4) is 0 Å². The zero-order chi connectivity index (χ0) is 12.5.